The SMILES string of the molecule is CC(F)c1ccccc1I(F)F. The monoisotopic (exact) mass is 288 g/mol. The van der Waals surface area contributed by atoms with Crippen LogP contribution in [0.1, 0.15) is 18.7 Å². The van der Waals surface area contributed by atoms with Crippen molar-refractivity contribution < 1.29 is 10.1 Å². The molecular formula is C8H8F3I. The van der Waals surface area contributed by atoms with Gasteiger partial charge in [0, 0.05) is 0 Å². The van der Waals surface area contributed by atoms with Gasteiger partial charge in [-0.05, 0) is 0 Å². The van der Waals surface area contributed by atoms with Gasteiger partial charge in [0.2, 0.25) is 0 Å². The third-order valence-corrected chi connectivity index (χ3v) is 3.35. The Morgan fingerprint density at radius 3 is 2.25 bits per heavy atom. The Morgan fingerprint density at radius 1 is 1.25 bits per heavy atom. The van der Waals surface area contributed by atoms with Crippen LogP contribution in [-0.2, 0) is 0 Å². The van der Waals surface area contributed by atoms with Crippen molar-refractivity contribution in [1.29, 1.82) is 0 Å². The topological polar surface area (TPSA) is 0 Å². The molecule has 4 heteroatoms. The zero-order valence-electron chi connectivity index (χ0n) is 6.40. The molecule has 0 amide bonds. The molecule has 0 N–H and O–H groups in total. The molecule has 0 aliphatic carbocycles. The van der Waals surface area contributed by atoms with Crippen LogP contribution in [0, 0.1) is 3.57 Å². The predicted molar refractivity (Wildman–Crippen MR) is 50.9 cm³/mol. The van der Waals surface area contributed by atoms with Gasteiger partial charge in [0.15, 0.2) is 0 Å². The Labute approximate surface area is 77.7 Å². The number of hydrogen-bond donors (Lipinski definition) is 0. The van der Waals surface area contributed by atoms with E-state index in [1.807, 2.05) is 0 Å². The summed E-state index contributed by atoms with van der Waals surface area (Å²) >= 11 is -4.03. The van der Waals surface area contributed by atoms with Crippen LogP contribution in [0.5, 0.6) is 0 Å². The number of rotatable bonds is 2. The molecule has 0 saturated carbocycles. The fourth-order valence-electron chi connectivity index (χ4n) is 0.928. The normalized spacial score (nSPS) is 14.2. The molecule has 1 rings (SSSR count). The first kappa shape index (κ1) is 9.83. The summed E-state index contributed by atoms with van der Waals surface area (Å²) in [6.45, 7) is 1.28. The number of hydrogen-bond acceptors (Lipinski definition) is 0. The Bertz CT molecular complexity index is 233. The van der Waals surface area contributed by atoms with E-state index in [1.54, 1.807) is 6.07 Å². The molecule has 12 heavy (non-hydrogen) atoms. The maximum absolute atomic E-state index is 12.7. The summed E-state index contributed by atoms with van der Waals surface area (Å²) < 4.78 is 37.4. The third kappa shape index (κ3) is 2.12. The molecule has 1 aromatic rings. The van der Waals surface area contributed by atoms with Crippen molar-refractivity contribution in [3.05, 3.63) is 33.4 Å². The Hall–Kier alpha value is -0.260. The number of alkyl halides is 1. The van der Waals surface area contributed by atoms with Gasteiger partial charge in [0.25, 0.3) is 0 Å². The van der Waals surface area contributed by atoms with Crippen LogP contribution in [0.15, 0.2) is 24.3 Å². The predicted octanol–water partition coefficient (Wildman–Crippen LogP) is 4.16. The Morgan fingerprint density at radius 2 is 1.83 bits per heavy atom. The summed E-state index contributed by atoms with van der Waals surface area (Å²) in [7, 11) is 0. The second kappa shape index (κ2) is 4.11. The van der Waals surface area contributed by atoms with Crippen LogP contribution >= 0.6 is 21.0 Å². The van der Waals surface area contributed by atoms with Crippen LogP contribution in [-0.4, -0.2) is 0 Å². The zero-order valence-corrected chi connectivity index (χ0v) is 8.56. The van der Waals surface area contributed by atoms with Gasteiger partial charge in [0.05, 0.1) is 0 Å². The van der Waals surface area contributed by atoms with Gasteiger partial charge in [0.1, 0.15) is 0 Å². The summed E-state index contributed by atoms with van der Waals surface area (Å²) in [6, 6.07) is 5.83. The molecule has 1 aromatic carbocycles. The second-order valence-corrected chi connectivity index (χ2v) is 4.62. The fraction of sp³-hybridized carbons (Fsp3) is 0.250. The second-order valence-electron chi connectivity index (χ2n) is 2.33. The molecule has 1 atom stereocenters. The first-order valence-electron chi connectivity index (χ1n) is 3.39. The molecule has 0 fully saturated rings. The van der Waals surface area contributed by atoms with Crippen molar-refractivity contribution in [2.75, 3.05) is 0 Å². The summed E-state index contributed by atoms with van der Waals surface area (Å²) in [5.41, 5.74) is 0.146. The van der Waals surface area contributed by atoms with Crippen LogP contribution in [0.4, 0.5) is 10.1 Å². The average Bonchev–Trinajstić information content (AvgIpc) is 2.04. The molecule has 0 saturated heterocycles. The van der Waals surface area contributed by atoms with Crippen LogP contribution in [0.2, 0.25) is 0 Å². The van der Waals surface area contributed by atoms with Crippen molar-refractivity contribution in [3.8, 4) is 0 Å². The van der Waals surface area contributed by atoms with Crippen molar-refractivity contribution in [2.24, 2.45) is 0 Å². The van der Waals surface area contributed by atoms with Crippen molar-refractivity contribution in [1.82, 2.24) is 0 Å². The first-order valence-corrected chi connectivity index (χ1v) is 6.10. The molecule has 0 heterocycles. The molecule has 0 spiro atoms. The van der Waals surface area contributed by atoms with E-state index in [1.165, 1.54) is 25.1 Å². The van der Waals surface area contributed by atoms with Crippen molar-refractivity contribution in [2.45, 2.75) is 13.1 Å². The molecule has 0 bridgehead atoms. The van der Waals surface area contributed by atoms with Crippen molar-refractivity contribution >= 4 is 21.0 Å². The first-order chi connectivity index (χ1) is 5.63. The van der Waals surface area contributed by atoms with Crippen molar-refractivity contribution in [3.63, 3.8) is 0 Å². The summed E-state index contributed by atoms with van der Waals surface area (Å²) in [5, 5.41) is 0. The molecule has 0 radical (unpaired) electrons. The quantitative estimate of drug-likeness (QED) is 0.717. The van der Waals surface area contributed by atoms with E-state index in [2.05, 4.69) is 0 Å². The van der Waals surface area contributed by atoms with Gasteiger partial charge in [-0.1, -0.05) is 0 Å². The maximum atomic E-state index is 12.7. The van der Waals surface area contributed by atoms with E-state index < -0.39 is 27.1 Å². The molecule has 0 aromatic heterocycles. The van der Waals surface area contributed by atoms with E-state index in [9.17, 15) is 10.1 Å². The van der Waals surface area contributed by atoms with E-state index in [0.717, 1.165) is 0 Å². The molecule has 0 nitrogen and oxygen atoms in total. The Balaban J connectivity index is 3.09. The molecule has 1 unspecified atom stereocenters. The number of halogens is 4. The van der Waals surface area contributed by atoms with Gasteiger partial charge in [-0.3, -0.25) is 0 Å². The standard InChI is InChI=1S/C8H8F3I/c1-6(9)7-4-2-3-5-8(7)12(10)11/h2-6H,1H3. The van der Waals surface area contributed by atoms with Crippen LogP contribution in [0.3, 0.4) is 0 Å². The minimum absolute atomic E-state index is 0.0586. The third-order valence-electron chi connectivity index (χ3n) is 1.49. The van der Waals surface area contributed by atoms with Gasteiger partial charge in [-0.2, -0.15) is 0 Å². The molecule has 0 aliphatic rings. The van der Waals surface area contributed by atoms with E-state index in [-0.39, 0.29) is 9.13 Å². The van der Waals surface area contributed by atoms with E-state index >= 15 is 0 Å². The molecule has 68 valence electrons. The fourth-order valence-corrected chi connectivity index (χ4v) is 2.49. The average molecular weight is 288 g/mol. The summed E-state index contributed by atoms with van der Waals surface area (Å²) in [6.07, 6.45) is -1.30. The minimum atomic E-state index is -4.03. The van der Waals surface area contributed by atoms with Crippen LogP contribution < -0.4 is 0 Å². The molecule has 0 aliphatic heterocycles. The Kier molecular flexibility index (Phi) is 3.37. The van der Waals surface area contributed by atoms with E-state index in [0.29, 0.717) is 0 Å². The van der Waals surface area contributed by atoms with Gasteiger partial charge >= 0.3 is 77.6 Å². The number of benzene rings is 1. The zero-order chi connectivity index (χ0) is 9.14. The van der Waals surface area contributed by atoms with E-state index in [4.69, 9.17) is 0 Å². The van der Waals surface area contributed by atoms with Gasteiger partial charge in [-0.25, -0.2) is 0 Å². The van der Waals surface area contributed by atoms with Gasteiger partial charge in [-0.15, -0.1) is 0 Å². The summed E-state index contributed by atoms with van der Waals surface area (Å²) in [5.74, 6) is 0. The van der Waals surface area contributed by atoms with Gasteiger partial charge < -0.3 is 0 Å². The van der Waals surface area contributed by atoms with Crippen LogP contribution in [0.25, 0.3) is 0 Å². The molecular weight excluding hydrogens is 280 g/mol. The summed E-state index contributed by atoms with van der Waals surface area (Å²) in [4.78, 5) is 0.